The smallest absolute Gasteiger partial charge is 0.225 e. The molecule has 0 aromatic rings. The fraction of sp³-hybridized carbons (Fsp3) is 0.765. The van der Waals surface area contributed by atoms with Crippen LogP contribution in [0, 0.1) is 11.8 Å². The highest BCUT2D eigenvalue weighted by Gasteiger charge is 2.26. The minimum Gasteiger partial charge on any atom is -0.342 e. The molecule has 2 heterocycles. The van der Waals surface area contributed by atoms with Gasteiger partial charge in [0.1, 0.15) is 0 Å². The molecule has 0 aromatic heterocycles. The number of nitrogens with zero attached hydrogens (tertiary/aromatic N) is 2. The van der Waals surface area contributed by atoms with E-state index >= 15 is 0 Å². The molecule has 1 fully saturated rings. The Bertz CT molecular complexity index is 423. The third-order valence-corrected chi connectivity index (χ3v) is 4.46. The molecule has 21 heavy (non-hydrogen) atoms. The normalized spacial score (nSPS) is 20.7. The van der Waals surface area contributed by atoms with E-state index in [1.165, 1.54) is 12.0 Å². The number of rotatable bonds is 4. The molecule has 0 bridgehead atoms. The summed E-state index contributed by atoms with van der Waals surface area (Å²) in [6.45, 7) is 9.13. The lowest BCUT2D eigenvalue weighted by Gasteiger charge is -2.29. The molecule has 2 aliphatic heterocycles. The second kappa shape index (κ2) is 7.10. The SMILES string of the molecule is CC(C)C(=O)N1CC=C(CC(C)C(=O)N2CCCCC2)C1. The van der Waals surface area contributed by atoms with Gasteiger partial charge in [0.2, 0.25) is 11.8 Å². The van der Waals surface area contributed by atoms with Crippen molar-refractivity contribution < 1.29 is 9.59 Å². The average Bonchev–Trinajstić information content (AvgIpc) is 2.94. The van der Waals surface area contributed by atoms with Crippen molar-refractivity contribution in [1.29, 1.82) is 0 Å². The minimum absolute atomic E-state index is 0.0310. The maximum absolute atomic E-state index is 12.4. The van der Waals surface area contributed by atoms with E-state index in [9.17, 15) is 9.59 Å². The fourth-order valence-corrected chi connectivity index (χ4v) is 3.20. The summed E-state index contributed by atoms with van der Waals surface area (Å²) in [4.78, 5) is 28.3. The van der Waals surface area contributed by atoms with Gasteiger partial charge in [0, 0.05) is 38.0 Å². The number of carbonyl (C=O) groups is 2. The van der Waals surface area contributed by atoms with E-state index in [1.54, 1.807) is 0 Å². The predicted octanol–water partition coefficient (Wildman–Crippen LogP) is 2.45. The largest absolute Gasteiger partial charge is 0.342 e. The van der Waals surface area contributed by atoms with E-state index < -0.39 is 0 Å². The molecule has 1 saturated heterocycles. The Kier molecular flexibility index (Phi) is 5.43. The summed E-state index contributed by atoms with van der Waals surface area (Å²) in [6.07, 6.45) is 6.43. The second-order valence-corrected chi connectivity index (χ2v) is 6.73. The summed E-state index contributed by atoms with van der Waals surface area (Å²) < 4.78 is 0. The number of likely N-dealkylation sites (tertiary alicyclic amines) is 1. The highest BCUT2D eigenvalue weighted by molar-refractivity contribution is 5.80. The molecule has 2 rings (SSSR count). The van der Waals surface area contributed by atoms with Crippen molar-refractivity contribution >= 4 is 11.8 Å². The van der Waals surface area contributed by atoms with Crippen molar-refractivity contribution in [2.45, 2.75) is 46.5 Å². The third kappa shape index (κ3) is 4.08. The van der Waals surface area contributed by atoms with E-state index in [0.717, 1.165) is 32.4 Å². The van der Waals surface area contributed by atoms with Crippen LogP contribution in [0.25, 0.3) is 0 Å². The van der Waals surface area contributed by atoms with E-state index in [4.69, 9.17) is 0 Å². The summed E-state index contributed by atoms with van der Waals surface area (Å²) in [5, 5.41) is 0. The molecule has 2 amide bonds. The zero-order chi connectivity index (χ0) is 15.4. The molecule has 4 heteroatoms. The lowest BCUT2D eigenvalue weighted by atomic mass is 9.99. The molecule has 0 saturated carbocycles. The molecule has 118 valence electrons. The number of piperidine rings is 1. The van der Waals surface area contributed by atoms with Gasteiger partial charge in [0.05, 0.1) is 0 Å². The van der Waals surface area contributed by atoms with Crippen LogP contribution < -0.4 is 0 Å². The molecule has 0 spiro atoms. The highest BCUT2D eigenvalue weighted by Crippen LogP contribution is 2.22. The molecule has 1 unspecified atom stereocenters. The van der Waals surface area contributed by atoms with Gasteiger partial charge in [-0.1, -0.05) is 32.4 Å². The Morgan fingerprint density at radius 2 is 1.71 bits per heavy atom. The first kappa shape index (κ1) is 16.1. The molecular formula is C17H28N2O2. The number of hydrogen-bond acceptors (Lipinski definition) is 2. The van der Waals surface area contributed by atoms with Crippen LogP contribution in [0.15, 0.2) is 11.6 Å². The Labute approximate surface area is 128 Å². The third-order valence-electron chi connectivity index (χ3n) is 4.46. The zero-order valence-electron chi connectivity index (χ0n) is 13.6. The van der Waals surface area contributed by atoms with Crippen molar-refractivity contribution in [2.75, 3.05) is 26.2 Å². The first-order valence-electron chi connectivity index (χ1n) is 8.24. The summed E-state index contributed by atoms with van der Waals surface area (Å²) in [7, 11) is 0. The Hall–Kier alpha value is -1.32. The lowest BCUT2D eigenvalue weighted by Crippen LogP contribution is -2.39. The lowest BCUT2D eigenvalue weighted by molar-refractivity contribution is -0.135. The number of amides is 2. The Morgan fingerprint density at radius 1 is 1.05 bits per heavy atom. The maximum Gasteiger partial charge on any atom is 0.225 e. The standard InChI is InChI=1S/C17H28N2O2/c1-13(2)16(20)19-10-7-15(12-19)11-14(3)17(21)18-8-5-4-6-9-18/h7,13-14H,4-6,8-12H2,1-3H3. The topological polar surface area (TPSA) is 40.6 Å². The molecule has 0 aliphatic carbocycles. The van der Waals surface area contributed by atoms with Crippen molar-refractivity contribution in [3.63, 3.8) is 0 Å². The van der Waals surface area contributed by atoms with E-state index in [0.29, 0.717) is 13.1 Å². The van der Waals surface area contributed by atoms with Crippen molar-refractivity contribution in [3.05, 3.63) is 11.6 Å². The van der Waals surface area contributed by atoms with Crippen LogP contribution >= 0.6 is 0 Å². The highest BCUT2D eigenvalue weighted by atomic mass is 16.2. The number of hydrogen-bond donors (Lipinski definition) is 0. The van der Waals surface area contributed by atoms with E-state index in [-0.39, 0.29) is 23.7 Å². The van der Waals surface area contributed by atoms with E-state index in [2.05, 4.69) is 6.08 Å². The maximum atomic E-state index is 12.4. The van der Waals surface area contributed by atoms with Crippen LogP contribution in [0.3, 0.4) is 0 Å². The predicted molar refractivity (Wildman–Crippen MR) is 83.7 cm³/mol. The summed E-state index contributed by atoms with van der Waals surface area (Å²) in [5.41, 5.74) is 1.24. The van der Waals surface area contributed by atoms with Crippen LogP contribution in [0.1, 0.15) is 46.5 Å². The zero-order valence-corrected chi connectivity index (χ0v) is 13.6. The molecule has 2 aliphatic rings. The van der Waals surface area contributed by atoms with Crippen molar-refractivity contribution in [2.24, 2.45) is 11.8 Å². The molecular weight excluding hydrogens is 264 g/mol. The van der Waals surface area contributed by atoms with Gasteiger partial charge in [-0.3, -0.25) is 9.59 Å². The van der Waals surface area contributed by atoms with Crippen molar-refractivity contribution in [1.82, 2.24) is 9.80 Å². The molecule has 4 nitrogen and oxygen atoms in total. The molecule has 0 radical (unpaired) electrons. The summed E-state index contributed by atoms with van der Waals surface area (Å²) >= 11 is 0. The van der Waals surface area contributed by atoms with Gasteiger partial charge in [0.15, 0.2) is 0 Å². The summed E-state index contributed by atoms with van der Waals surface area (Å²) in [5.74, 6) is 0.564. The Morgan fingerprint density at radius 3 is 2.33 bits per heavy atom. The van der Waals surface area contributed by atoms with Gasteiger partial charge in [-0.25, -0.2) is 0 Å². The van der Waals surface area contributed by atoms with Gasteiger partial charge in [-0.05, 0) is 25.7 Å². The van der Waals surface area contributed by atoms with Gasteiger partial charge in [-0.15, -0.1) is 0 Å². The molecule has 0 aromatic carbocycles. The number of carbonyl (C=O) groups excluding carboxylic acids is 2. The minimum atomic E-state index is 0.0310. The summed E-state index contributed by atoms with van der Waals surface area (Å²) in [6, 6.07) is 0. The van der Waals surface area contributed by atoms with Gasteiger partial charge < -0.3 is 9.80 Å². The Balaban J connectivity index is 1.82. The fourth-order valence-electron chi connectivity index (χ4n) is 3.20. The van der Waals surface area contributed by atoms with Gasteiger partial charge >= 0.3 is 0 Å². The van der Waals surface area contributed by atoms with Crippen LogP contribution in [0.2, 0.25) is 0 Å². The van der Waals surface area contributed by atoms with Crippen LogP contribution in [-0.4, -0.2) is 47.8 Å². The molecule has 1 atom stereocenters. The van der Waals surface area contributed by atoms with Gasteiger partial charge in [-0.2, -0.15) is 0 Å². The first-order valence-corrected chi connectivity index (χ1v) is 8.24. The molecule has 0 N–H and O–H groups in total. The van der Waals surface area contributed by atoms with Crippen molar-refractivity contribution in [3.8, 4) is 0 Å². The average molecular weight is 292 g/mol. The quantitative estimate of drug-likeness (QED) is 0.747. The van der Waals surface area contributed by atoms with Crippen LogP contribution in [-0.2, 0) is 9.59 Å². The monoisotopic (exact) mass is 292 g/mol. The first-order chi connectivity index (χ1) is 9.99. The van der Waals surface area contributed by atoms with Crippen LogP contribution in [0.4, 0.5) is 0 Å². The second-order valence-electron chi connectivity index (χ2n) is 6.73. The van der Waals surface area contributed by atoms with Gasteiger partial charge in [0.25, 0.3) is 0 Å². The van der Waals surface area contributed by atoms with E-state index in [1.807, 2.05) is 30.6 Å². The van der Waals surface area contributed by atoms with Crippen LogP contribution in [0.5, 0.6) is 0 Å².